The molecule has 0 fully saturated rings. The van der Waals surface area contributed by atoms with Gasteiger partial charge in [0.1, 0.15) is 0 Å². The summed E-state index contributed by atoms with van der Waals surface area (Å²) < 4.78 is 0. The third-order valence-electron chi connectivity index (χ3n) is 3.38. The van der Waals surface area contributed by atoms with Gasteiger partial charge in [0.05, 0.1) is 0 Å². The fraction of sp³-hybridized carbons (Fsp3) is 0.467. The van der Waals surface area contributed by atoms with Crippen LogP contribution in [0.1, 0.15) is 36.1 Å². The fourth-order valence-electron chi connectivity index (χ4n) is 2.13. The maximum absolute atomic E-state index is 11.0. The lowest BCUT2D eigenvalue weighted by atomic mass is 9.80. The summed E-state index contributed by atoms with van der Waals surface area (Å²) in [7, 11) is 0. The Balaban J connectivity index is 3.00. The van der Waals surface area contributed by atoms with Gasteiger partial charge in [0.15, 0.2) is 0 Å². The molecular formula is C15H21NO2. The van der Waals surface area contributed by atoms with Crippen LogP contribution in [0.5, 0.6) is 0 Å². The highest BCUT2D eigenvalue weighted by atomic mass is 16.2. The van der Waals surface area contributed by atoms with Crippen LogP contribution < -0.4 is 5.32 Å². The van der Waals surface area contributed by atoms with Crippen LogP contribution in [0.25, 0.3) is 0 Å². The highest BCUT2D eigenvalue weighted by Gasteiger charge is 2.23. The molecule has 1 aromatic rings. The number of aldehydes is 1. The zero-order chi connectivity index (χ0) is 13.9. The average molecular weight is 247 g/mol. The Morgan fingerprint density at radius 3 is 2.28 bits per heavy atom. The molecule has 3 nitrogen and oxygen atoms in total. The summed E-state index contributed by atoms with van der Waals surface area (Å²) in [5.74, 6) is -0.565. The molecule has 0 atom stereocenters. The highest BCUT2D eigenvalue weighted by Crippen LogP contribution is 2.28. The van der Waals surface area contributed by atoms with Gasteiger partial charge in [0.2, 0.25) is 6.29 Å². The first-order valence-electron chi connectivity index (χ1n) is 6.09. The maximum Gasteiger partial charge on any atom is 0.284 e. The standard InChI is InChI=1S/C15H21NO2/c1-10-6-12(3)13(7-11(10)2)15(4,5)9-16-14(18)8-17/h6-8H,9H2,1-5H3,(H,16,18). The second-order valence-electron chi connectivity index (χ2n) is 5.47. The summed E-state index contributed by atoms with van der Waals surface area (Å²) in [4.78, 5) is 21.3. The Labute approximate surface area is 109 Å². The largest absolute Gasteiger partial charge is 0.349 e. The van der Waals surface area contributed by atoms with Crippen molar-refractivity contribution in [2.24, 2.45) is 0 Å². The van der Waals surface area contributed by atoms with Crippen molar-refractivity contribution in [3.8, 4) is 0 Å². The van der Waals surface area contributed by atoms with Gasteiger partial charge in [-0.3, -0.25) is 9.59 Å². The number of carbonyl (C=O) groups excluding carboxylic acids is 2. The molecule has 18 heavy (non-hydrogen) atoms. The second kappa shape index (κ2) is 5.34. The Morgan fingerprint density at radius 2 is 1.72 bits per heavy atom. The van der Waals surface area contributed by atoms with Crippen LogP contribution in [-0.4, -0.2) is 18.7 Å². The van der Waals surface area contributed by atoms with E-state index in [1.807, 2.05) is 0 Å². The minimum Gasteiger partial charge on any atom is -0.349 e. The van der Waals surface area contributed by atoms with E-state index in [1.54, 1.807) is 0 Å². The molecule has 0 aliphatic heterocycles. The van der Waals surface area contributed by atoms with E-state index >= 15 is 0 Å². The number of amides is 1. The smallest absolute Gasteiger partial charge is 0.284 e. The third kappa shape index (κ3) is 3.19. The van der Waals surface area contributed by atoms with Gasteiger partial charge in [-0.15, -0.1) is 0 Å². The monoisotopic (exact) mass is 247 g/mol. The molecule has 0 saturated carbocycles. The molecule has 0 saturated heterocycles. The quantitative estimate of drug-likeness (QED) is 0.655. The topological polar surface area (TPSA) is 46.2 Å². The highest BCUT2D eigenvalue weighted by molar-refractivity contribution is 6.23. The minimum absolute atomic E-state index is 0.193. The zero-order valence-electron chi connectivity index (χ0n) is 11.8. The van der Waals surface area contributed by atoms with Crippen LogP contribution >= 0.6 is 0 Å². The molecule has 0 aliphatic rings. The zero-order valence-corrected chi connectivity index (χ0v) is 11.8. The van der Waals surface area contributed by atoms with E-state index in [2.05, 4.69) is 52.1 Å². The first-order chi connectivity index (χ1) is 8.27. The molecule has 98 valence electrons. The molecule has 0 radical (unpaired) electrons. The van der Waals surface area contributed by atoms with Gasteiger partial charge in [-0.25, -0.2) is 0 Å². The number of rotatable bonds is 4. The van der Waals surface area contributed by atoms with E-state index < -0.39 is 5.91 Å². The summed E-state index contributed by atoms with van der Waals surface area (Å²) in [5, 5.41) is 2.63. The van der Waals surface area contributed by atoms with Crippen molar-refractivity contribution in [2.45, 2.75) is 40.0 Å². The van der Waals surface area contributed by atoms with Gasteiger partial charge >= 0.3 is 0 Å². The molecule has 1 aromatic carbocycles. The van der Waals surface area contributed by atoms with Gasteiger partial charge in [-0.2, -0.15) is 0 Å². The minimum atomic E-state index is -0.565. The summed E-state index contributed by atoms with van der Waals surface area (Å²) in [6, 6.07) is 4.33. The second-order valence-corrected chi connectivity index (χ2v) is 5.47. The molecular weight excluding hydrogens is 226 g/mol. The van der Waals surface area contributed by atoms with E-state index in [0.29, 0.717) is 12.8 Å². The predicted octanol–water partition coefficient (Wildman–Crippen LogP) is 2.20. The van der Waals surface area contributed by atoms with E-state index in [4.69, 9.17) is 0 Å². The summed E-state index contributed by atoms with van der Waals surface area (Å²) in [6.07, 6.45) is 0.309. The number of aryl methyl sites for hydroxylation is 3. The third-order valence-corrected chi connectivity index (χ3v) is 3.38. The van der Waals surface area contributed by atoms with Crippen molar-refractivity contribution < 1.29 is 9.59 Å². The molecule has 1 N–H and O–H groups in total. The Hall–Kier alpha value is -1.64. The first-order valence-corrected chi connectivity index (χ1v) is 6.09. The van der Waals surface area contributed by atoms with Crippen molar-refractivity contribution in [1.82, 2.24) is 5.32 Å². The fourth-order valence-corrected chi connectivity index (χ4v) is 2.13. The van der Waals surface area contributed by atoms with Gasteiger partial charge in [-0.05, 0) is 43.0 Å². The van der Waals surface area contributed by atoms with Crippen LogP contribution in [0, 0.1) is 20.8 Å². The summed E-state index contributed by atoms with van der Waals surface area (Å²) in [6.45, 7) is 10.8. The molecule has 1 amide bonds. The Bertz CT molecular complexity index is 476. The van der Waals surface area contributed by atoms with Gasteiger partial charge in [-0.1, -0.05) is 26.0 Å². The van der Waals surface area contributed by atoms with E-state index in [1.165, 1.54) is 22.3 Å². The van der Waals surface area contributed by atoms with Crippen LogP contribution in [0.2, 0.25) is 0 Å². The Morgan fingerprint density at radius 1 is 1.17 bits per heavy atom. The lowest BCUT2D eigenvalue weighted by molar-refractivity contribution is -0.131. The van der Waals surface area contributed by atoms with Crippen molar-refractivity contribution in [2.75, 3.05) is 6.54 Å². The molecule has 0 bridgehead atoms. The normalized spacial score (nSPS) is 11.2. The van der Waals surface area contributed by atoms with E-state index in [9.17, 15) is 9.59 Å². The van der Waals surface area contributed by atoms with Gasteiger partial charge < -0.3 is 5.32 Å². The van der Waals surface area contributed by atoms with Crippen LogP contribution in [0.4, 0.5) is 0 Å². The van der Waals surface area contributed by atoms with Crippen molar-refractivity contribution in [1.29, 1.82) is 0 Å². The molecule has 0 unspecified atom stereocenters. The molecule has 0 aliphatic carbocycles. The van der Waals surface area contributed by atoms with Crippen LogP contribution in [-0.2, 0) is 15.0 Å². The average Bonchev–Trinajstić information content (AvgIpc) is 2.30. The van der Waals surface area contributed by atoms with Crippen molar-refractivity contribution in [3.05, 3.63) is 34.4 Å². The molecule has 3 heteroatoms. The first kappa shape index (κ1) is 14.4. The SMILES string of the molecule is Cc1cc(C)c(C(C)(C)CNC(=O)C=O)cc1C. The summed E-state index contributed by atoms with van der Waals surface area (Å²) in [5.41, 5.74) is 4.73. The molecule has 0 heterocycles. The molecule has 1 rings (SSSR count). The predicted molar refractivity (Wildman–Crippen MR) is 72.8 cm³/mol. The van der Waals surface area contributed by atoms with Crippen molar-refractivity contribution in [3.63, 3.8) is 0 Å². The summed E-state index contributed by atoms with van der Waals surface area (Å²) >= 11 is 0. The lowest BCUT2D eigenvalue weighted by Gasteiger charge is -2.28. The van der Waals surface area contributed by atoms with E-state index in [0.717, 1.165) is 0 Å². The van der Waals surface area contributed by atoms with Crippen LogP contribution in [0.15, 0.2) is 12.1 Å². The number of nitrogens with one attached hydrogen (secondary N) is 1. The number of carbonyl (C=O) groups is 2. The van der Waals surface area contributed by atoms with Crippen LogP contribution in [0.3, 0.4) is 0 Å². The lowest BCUT2D eigenvalue weighted by Crippen LogP contribution is -2.37. The van der Waals surface area contributed by atoms with E-state index in [-0.39, 0.29) is 5.41 Å². The number of benzene rings is 1. The maximum atomic E-state index is 11.0. The Kier molecular flexibility index (Phi) is 4.28. The van der Waals surface area contributed by atoms with Crippen molar-refractivity contribution >= 4 is 12.2 Å². The van der Waals surface area contributed by atoms with Gasteiger partial charge in [0.25, 0.3) is 5.91 Å². The molecule has 0 spiro atoms. The van der Waals surface area contributed by atoms with Gasteiger partial charge in [0, 0.05) is 12.0 Å². The molecule has 0 aromatic heterocycles. The number of hydrogen-bond donors (Lipinski definition) is 1. The number of hydrogen-bond acceptors (Lipinski definition) is 2.